The Hall–Kier alpha value is -1.16. The minimum Gasteiger partial charge on any atom is -0.459 e. The maximum atomic E-state index is 6.01. The SMILES string of the molecule is CC(Nc1cc(Cl)cc(Cl)c1)c1cc2cc(Br)ccc2o1. The molecule has 1 N–H and O–H groups in total. The van der Waals surface area contributed by atoms with Gasteiger partial charge in [0.05, 0.1) is 6.04 Å². The summed E-state index contributed by atoms with van der Waals surface area (Å²) in [5, 5.41) is 5.61. The molecule has 0 aliphatic carbocycles. The third-order valence-electron chi connectivity index (χ3n) is 3.17. The zero-order valence-electron chi connectivity index (χ0n) is 11.2. The van der Waals surface area contributed by atoms with Crippen molar-refractivity contribution in [2.75, 3.05) is 5.32 Å². The van der Waals surface area contributed by atoms with Crippen LogP contribution >= 0.6 is 39.1 Å². The van der Waals surface area contributed by atoms with Crippen molar-refractivity contribution in [2.24, 2.45) is 0 Å². The van der Waals surface area contributed by atoms with E-state index in [-0.39, 0.29) is 6.04 Å². The van der Waals surface area contributed by atoms with Crippen LogP contribution in [0.3, 0.4) is 0 Å². The Morgan fingerprint density at radius 1 is 1.05 bits per heavy atom. The Balaban J connectivity index is 1.87. The molecule has 108 valence electrons. The number of hydrogen-bond donors (Lipinski definition) is 1. The first kappa shape index (κ1) is 14.8. The summed E-state index contributed by atoms with van der Waals surface area (Å²) in [6.45, 7) is 2.03. The second-order valence-corrected chi connectivity index (χ2v) is 6.64. The lowest BCUT2D eigenvalue weighted by Crippen LogP contribution is -2.05. The average Bonchev–Trinajstić information content (AvgIpc) is 2.80. The molecule has 0 amide bonds. The van der Waals surface area contributed by atoms with Crippen LogP contribution in [0.25, 0.3) is 11.0 Å². The van der Waals surface area contributed by atoms with Crippen LogP contribution in [0.4, 0.5) is 5.69 Å². The van der Waals surface area contributed by atoms with E-state index in [1.807, 2.05) is 43.3 Å². The Morgan fingerprint density at radius 2 is 1.76 bits per heavy atom. The van der Waals surface area contributed by atoms with E-state index in [4.69, 9.17) is 27.6 Å². The van der Waals surface area contributed by atoms with Crippen LogP contribution in [-0.4, -0.2) is 0 Å². The average molecular weight is 385 g/mol. The third-order valence-corrected chi connectivity index (χ3v) is 4.10. The first-order chi connectivity index (χ1) is 10.0. The summed E-state index contributed by atoms with van der Waals surface area (Å²) in [6.07, 6.45) is 0. The minimum absolute atomic E-state index is 0.00529. The Labute approximate surface area is 141 Å². The molecule has 0 aliphatic rings. The van der Waals surface area contributed by atoms with Gasteiger partial charge >= 0.3 is 0 Å². The molecule has 0 radical (unpaired) electrons. The van der Waals surface area contributed by atoms with Gasteiger partial charge in [0.1, 0.15) is 11.3 Å². The Bertz CT molecular complexity index is 780. The highest BCUT2D eigenvalue weighted by Gasteiger charge is 2.12. The van der Waals surface area contributed by atoms with E-state index >= 15 is 0 Å². The maximum absolute atomic E-state index is 6.01. The number of nitrogens with one attached hydrogen (secondary N) is 1. The molecule has 1 atom stereocenters. The van der Waals surface area contributed by atoms with Gasteiger partial charge in [0.25, 0.3) is 0 Å². The molecule has 5 heteroatoms. The summed E-state index contributed by atoms with van der Waals surface area (Å²) in [5.41, 5.74) is 1.73. The van der Waals surface area contributed by atoms with Gasteiger partial charge in [-0.25, -0.2) is 0 Å². The summed E-state index contributed by atoms with van der Waals surface area (Å²) in [4.78, 5) is 0. The lowest BCUT2D eigenvalue weighted by Gasteiger charge is -2.13. The van der Waals surface area contributed by atoms with E-state index < -0.39 is 0 Å². The standard InChI is InChI=1S/C16H12BrCl2NO/c1-9(20-14-7-12(18)6-13(19)8-14)16-5-10-4-11(17)2-3-15(10)21-16/h2-9,20H,1H3. The summed E-state index contributed by atoms with van der Waals surface area (Å²) in [6, 6.07) is 13.4. The fraction of sp³-hybridized carbons (Fsp3) is 0.125. The summed E-state index contributed by atoms with van der Waals surface area (Å²) >= 11 is 15.5. The smallest absolute Gasteiger partial charge is 0.134 e. The van der Waals surface area contributed by atoms with Crippen LogP contribution in [0.1, 0.15) is 18.7 Å². The number of benzene rings is 2. The zero-order chi connectivity index (χ0) is 15.0. The van der Waals surface area contributed by atoms with Gasteiger partial charge in [0, 0.05) is 25.6 Å². The van der Waals surface area contributed by atoms with Crippen LogP contribution in [0.2, 0.25) is 10.0 Å². The molecule has 0 saturated heterocycles. The van der Waals surface area contributed by atoms with Gasteiger partial charge in [0.2, 0.25) is 0 Å². The van der Waals surface area contributed by atoms with Crippen molar-refractivity contribution in [1.29, 1.82) is 0 Å². The number of halogens is 3. The quantitative estimate of drug-likeness (QED) is 0.545. The number of rotatable bonds is 3. The molecule has 2 nitrogen and oxygen atoms in total. The van der Waals surface area contributed by atoms with Crippen molar-refractivity contribution in [3.05, 3.63) is 62.7 Å². The fourth-order valence-corrected chi connectivity index (χ4v) is 3.11. The summed E-state index contributed by atoms with van der Waals surface area (Å²) < 4.78 is 6.90. The maximum Gasteiger partial charge on any atom is 0.134 e. The lowest BCUT2D eigenvalue weighted by atomic mass is 10.2. The van der Waals surface area contributed by atoms with Gasteiger partial charge in [-0.2, -0.15) is 0 Å². The summed E-state index contributed by atoms with van der Waals surface area (Å²) in [5.74, 6) is 0.860. The molecule has 0 aliphatic heterocycles. The first-order valence-electron chi connectivity index (χ1n) is 6.43. The molecule has 0 saturated carbocycles. The number of fused-ring (bicyclic) bond motifs is 1. The van der Waals surface area contributed by atoms with Gasteiger partial charge in [-0.3, -0.25) is 0 Å². The van der Waals surface area contributed by atoms with Gasteiger partial charge in [0.15, 0.2) is 0 Å². The van der Waals surface area contributed by atoms with Gasteiger partial charge in [-0.1, -0.05) is 39.1 Å². The van der Waals surface area contributed by atoms with Crippen molar-refractivity contribution in [3.8, 4) is 0 Å². The molecular weight excluding hydrogens is 373 g/mol. The fourth-order valence-electron chi connectivity index (χ4n) is 2.21. The zero-order valence-corrected chi connectivity index (χ0v) is 14.3. The van der Waals surface area contributed by atoms with Crippen LogP contribution < -0.4 is 5.32 Å². The van der Waals surface area contributed by atoms with E-state index in [1.165, 1.54) is 0 Å². The molecule has 0 fully saturated rings. The highest BCUT2D eigenvalue weighted by molar-refractivity contribution is 9.10. The molecule has 3 rings (SSSR count). The predicted molar refractivity (Wildman–Crippen MR) is 92.4 cm³/mol. The largest absolute Gasteiger partial charge is 0.459 e. The molecule has 3 aromatic rings. The highest BCUT2D eigenvalue weighted by atomic mass is 79.9. The normalized spacial score (nSPS) is 12.6. The second kappa shape index (κ2) is 5.91. The van der Waals surface area contributed by atoms with Crippen LogP contribution in [-0.2, 0) is 0 Å². The monoisotopic (exact) mass is 383 g/mol. The molecule has 21 heavy (non-hydrogen) atoms. The Morgan fingerprint density at radius 3 is 2.48 bits per heavy atom. The van der Waals surface area contributed by atoms with Crippen molar-refractivity contribution >= 4 is 55.8 Å². The van der Waals surface area contributed by atoms with E-state index in [1.54, 1.807) is 6.07 Å². The topological polar surface area (TPSA) is 25.2 Å². The van der Waals surface area contributed by atoms with E-state index in [2.05, 4.69) is 21.2 Å². The van der Waals surface area contributed by atoms with E-state index in [0.717, 1.165) is 26.9 Å². The second-order valence-electron chi connectivity index (χ2n) is 4.86. The lowest BCUT2D eigenvalue weighted by molar-refractivity contribution is 0.526. The third kappa shape index (κ3) is 3.37. The van der Waals surface area contributed by atoms with E-state index in [0.29, 0.717) is 10.0 Å². The van der Waals surface area contributed by atoms with Crippen LogP contribution in [0, 0.1) is 0 Å². The van der Waals surface area contributed by atoms with Crippen molar-refractivity contribution in [3.63, 3.8) is 0 Å². The van der Waals surface area contributed by atoms with Crippen molar-refractivity contribution in [1.82, 2.24) is 0 Å². The number of hydrogen-bond acceptors (Lipinski definition) is 2. The highest BCUT2D eigenvalue weighted by Crippen LogP contribution is 2.30. The minimum atomic E-state index is 0.00529. The van der Waals surface area contributed by atoms with Gasteiger partial charge < -0.3 is 9.73 Å². The molecule has 2 aromatic carbocycles. The number of furan rings is 1. The van der Waals surface area contributed by atoms with Gasteiger partial charge in [-0.15, -0.1) is 0 Å². The van der Waals surface area contributed by atoms with Gasteiger partial charge in [-0.05, 0) is 49.4 Å². The van der Waals surface area contributed by atoms with Crippen LogP contribution in [0.15, 0.2) is 51.4 Å². The number of anilines is 1. The molecule has 0 spiro atoms. The van der Waals surface area contributed by atoms with Crippen molar-refractivity contribution < 1.29 is 4.42 Å². The molecule has 1 heterocycles. The molecular formula is C16H12BrCl2NO. The Kier molecular flexibility index (Phi) is 4.16. The molecule has 0 bridgehead atoms. The van der Waals surface area contributed by atoms with Crippen LogP contribution in [0.5, 0.6) is 0 Å². The van der Waals surface area contributed by atoms with E-state index in [9.17, 15) is 0 Å². The summed E-state index contributed by atoms with van der Waals surface area (Å²) in [7, 11) is 0. The molecule has 1 unspecified atom stereocenters. The van der Waals surface area contributed by atoms with Crippen molar-refractivity contribution in [2.45, 2.75) is 13.0 Å². The molecule has 1 aromatic heterocycles. The predicted octanol–water partition coefficient (Wildman–Crippen LogP) is 6.68. The first-order valence-corrected chi connectivity index (χ1v) is 7.98.